The number of likely N-dealkylation sites (tertiary alicyclic amines) is 1. The highest BCUT2D eigenvalue weighted by Crippen LogP contribution is 2.22. The number of aromatic amines is 1. The third-order valence-electron chi connectivity index (χ3n) is 5.08. The molecule has 1 aliphatic heterocycles. The van der Waals surface area contributed by atoms with Crippen LogP contribution in [0.2, 0.25) is 0 Å². The summed E-state index contributed by atoms with van der Waals surface area (Å²) in [6, 6.07) is 3.19. The summed E-state index contributed by atoms with van der Waals surface area (Å²) in [5.41, 5.74) is 1.36. The van der Waals surface area contributed by atoms with E-state index in [0.717, 1.165) is 0 Å². The van der Waals surface area contributed by atoms with Crippen LogP contribution in [0.5, 0.6) is 0 Å². The zero-order chi connectivity index (χ0) is 22.0. The number of aliphatic hydroxyl groups excluding tert-OH is 1. The topological polar surface area (TPSA) is 153 Å². The molecule has 3 aromatic heterocycles. The van der Waals surface area contributed by atoms with Gasteiger partial charge in [0.1, 0.15) is 18.1 Å². The van der Waals surface area contributed by atoms with Gasteiger partial charge < -0.3 is 19.9 Å². The Labute approximate surface area is 181 Å². The van der Waals surface area contributed by atoms with E-state index in [9.17, 15) is 14.7 Å². The molecule has 0 aliphatic carbocycles. The summed E-state index contributed by atoms with van der Waals surface area (Å²) >= 11 is 1.36. The summed E-state index contributed by atoms with van der Waals surface area (Å²) in [5.74, 6) is 0.0333. The van der Waals surface area contributed by atoms with Gasteiger partial charge in [-0.15, -0.1) is 11.3 Å². The Balaban J connectivity index is 1.38. The van der Waals surface area contributed by atoms with E-state index in [1.807, 2.05) is 6.07 Å². The lowest BCUT2D eigenvalue weighted by Crippen LogP contribution is -2.44. The van der Waals surface area contributed by atoms with Gasteiger partial charge in [-0.25, -0.2) is 9.97 Å². The highest BCUT2D eigenvalue weighted by atomic mass is 32.1. The molecule has 1 saturated heterocycles. The Morgan fingerprint density at radius 2 is 2.32 bits per heavy atom. The molecule has 4 heterocycles. The molecule has 2 atom stereocenters. The van der Waals surface area contributed by atoms with Crippen molar-refractivity contribution in [2.45, 2.75) is 25.0 Å². The van der Waals surface area contributed by atoms with E-state index in [4.69, 9.17) is 5.26 Å². The summed E-state index contributed by atoms with van der Waals surface area (Å²) in [6.07, 6.45) is 2.79. The highest BCUT2D eigenvalue weighted by molar-refractivity contribution is 7.13. The minimum Gasteiger partial charge on any atom is -0.391 e. The fourth-order valence-electron chi connectivity index (χ4n) is 3.61. The first-order chi connectivity index (χ1) is 14.9. The molecule has 0 unspecified atom stereocenters. The van der Waals surface area contributed by atoms with E-state index >= 15 is 0 Å². The third-order valence-corrected chi connectivity index (χ3v) is 5.98. The molecule has 0 aromatic carbocycles. The van der Waals surface area contributed by atoms with Crippen molar-refractivity contribution in [3.05, 3.63) is 40.9 Å². The van der Waals surface area contributed by atoms with Crippen molar-refractivity contribution in [3.63, 3.8) is 0 Å². The molecule has 3 N–H and O–H groups in total. The lowest BCUT2D eigenvalue weighted by molar-refractivity contribution is -0.131. The quantitative estimate of drug-likeness (QED) is 0.490. The average molecular weight is 440 g/mol. The van der Waals surface area contributed by atoms with Crippen molar-refractivity contribution in [1.29, 1.82) is 5.26 Å². The highest BCUT2D eigenvalue weighted by Gasteiger charge is 2.34. The first kappa shape index (κ1) is 20.7. The number of H-pyrrole nitrogens is 1. The lowest BCUT2D eigenvalue weighted by Gasteiger charge is -2.24. The predicted molar refractivity (Wildman–Crippen MR) is 110 cm³/mol. The second kappa shape index (κ2) is 8.66. The number of hydrogen-bond acceptors (Lipinski definition) is 8. The van der Waals surface area contributed by atoms with E-state index in [2.05, 4.69) is 25.5 Å². The number of aliphatic hydroxyl groups is 1. The molecule has 0 bridgehead atoms. The second-order valence-corrected chi connectivity index (χ2v) is 8.15. The lowest BCUT2D eigenvalue weighted by atomic mass is 10.2. The minimum atomic E-state index is -0.647. The molecular formula is C19H20N8O3S. The van der Waals surface area contributed by atoms with Gasteiger partial charge in [-0.2, -0.15) is 10.4 Å². The number of thiazole rings is 1. The van der Waals surface area contributed by atoms with Crippen LogP contribution in [0.1, 0.15) is 28.2 Å². The minimum absolute atomic E-state index is 0.0884. The van der Waals surface area contributed by atoms with E-state index in [-0.39, 0.29) is 37.4 Å². The SMILES string of the molecule is Cn1cc(C#N)cc1C(=O)NC[C@H]1C[C@@H](O)CN1C(=O)Cc1csc(-c2ncn[nH]2)n1. The summed E-state index contributed by atoms with van der Waals surface area (Å²) in [5, 5.41) is 30.8. The predicted octanol–water partition coefficient (Wildman–Crippen LogP) is 0.0727. The molecular weight excluding hydrogens is 420 g/mol. The van der Waals surface area contributed by atoms with Gasteiger partial charge >= 0.3 is 0 Å². The number of nitrogens with one attached hydrogen (secondary N) is 2. The van der Waals surface area contributed by atoms with Crippen molar-refractivity contribution < 1.29 is 14.7 Å². The maximum absolute atomic E-state index is 12.9. The van der Waals surface area contributed by atoms with Gasteiger partial charge in [0.2, 0.25) is 5.91 Å². The van der Waals surface area contributed by atoms with Crippen molar-refractivity contribution in [2.75, 3.05) is 13.1 Å². The van der Waals surface area contributed by atoms with Crippen LogP contribution in [-0.4, -0.2) is 71.8 Å². The summed E-state index contributed by atoms with van der Waals surface area (Å²) < 4.78 is 1.58. The van der Waals surface area contributed by atoms with Gasteiger partial charge in [-0.1, -0.05) is 0 Å². The molecule has 31 heavy (non-hydrogen) atoms. The summed E-state index contributed by atoms with van der Waals surface area (Å²) in [6.45, 7) is 0.413. The molecule has 12 heteroatoms. The number of β-amino-alcohol motifs (C(OH)–C–C–N with tert-alkyl or cyclic N) is 1. The zero-order valence-corrected chi connectivity index (χ0v) is 17.5. The monoisotopic (exact) mass is 440 g/mol. The van der Waals surface area contributed by atoms with Gasteiger partial charge in [0.25, 0.3) is 5.91 Å². The van der Waals surface area contributed by atoms with Crippen molar-refractivity contribution in [3.8, 4) is 16.9 Å². The van der Waals surface area contributed by atoms with Crippen LogP contribution < -0.4 is 5.32 Å². The van der Waals surface area contributed by atoms with Crippen LogP contribution in [0.15, 0.2) is 24.0 Å². The number of amides is 2. The van der Waals surface area contributed by atoms with Crippen LogP contribution in [0.4, 0.5) is 0 Å². The average Bonchev–Trinajstić information content (AvgIpc) is 3.52. The fraction of sp³-hybridized carbons (Fsp3) is 0.368. The molecule has 11 nitrogen and oxygen atoms in total. The number of nitriles is 1. The molecule has 0 saturated carbocycles. The largest absolute Gasteiger partial charge is 0.391 e. The molecule has 1 aliphatic rings. The Kier molecular flexibility index (Phi) is 5.79. The number of nitrogens with zero attached hydrogens (tertiary/aromatic N) is 6. The first-order valence-corrected chi connectivity index (χ1v) is 10.4. The van der Waals surface area contributed by atoms with Crippen molar-refractivity contribution >= 4 is 23.2 Å². The van der Waals surface area contributed by atoms with Gasteiger partial charge in [0, 0.05) is 31.7 Å². The van der Waals surface area contributed by atoms with E-state index in [1.54, 1.807) is 28.1 Å². The molecule has 1 fully saturated rings. The van der Waals surface area contributed by atoms with Gasteiger partial charge in [0.05, 0.1) is 29.8 Å². The van der Waals surface area contributed by atoms with Crippen molar-refractivity contribution in [1.82, 2.24) is 34.9 Å². The maximum atomic E-state index is 12.9. The Bertz CT molecular complexity index is 1130. The van der Waals surface area contributed by atoms with E-state index < -0.39 is 6.10 Å². The Morgan fingerprint density at radius 3 is 3.03 bits per heavy atom. The van der Waals surface area contributed by atoms with Crippen LogP contribution >= 0.6 is 11.3 Å². The Morgan fingerprint density at radius 1 is 1.48 bits per heavy atom. The van der Waals surface area contributed by atoms with E-state index in [1.165, 1.54) is 23.7 Å². The van der Waals surface area contributed by atoms with Crippen molar-refractivity contribution in [2.24, 2.45) is 7.05 Å². The first-order valence-electron chi connectivity index (χ1n) is 9.57. The standard InChI is InChI=1S/C19H20N8O3S/c1-26-7-11(5-20)2-15(26)18(30)21-6-13-4-14(28)8-27(13)16(29)3-12-9-31-19(24-12)17-22-10-23-25-17/h2,7,9-10,13-14,28H,3-4,6,8H2,1H3,(H,21,30)(H,22,23,25)/t13-,14-/m1/s1. The number of aryl methyl sites for hydroxylation is 1. The molecule has 0 spiro atoms. The van der Waals surface area contributed by atoms with Crippen LogP contribution in [0, 0.1) is 11.3 Å². The third kappa shape index (κ3) is 4.47. The Hall–Kier alpha value is -3.56. The zero-order valence-electron chi connectivity index (χ0n) is 16.6. The molecule has 4 rings (SSSR count). The number of carbonyl (C=O) groups is 2. The number of carbonyl (C=O) groups excluding carboxylic acids is 2. The van der Waals surface area contributed by atoms with Crippen LogP contribution in [0.3, 0.4) is 0 Å². The van der Waals surface area contributed by atoms with E-state index in [0.29, 0.717) is 34.2 Å². The number of rotatable bonds is 6. The second-order valence-electron chi connectivity index (χ2n) is 7.29. The fourth-order valence-corrected chi connectivity index (χ4v) is 4.37. The number of hydrogen-bond donors (Lipinski definition) is 3. The normalized spacial score (nSPS) is 18.2. The van der Waals surface area contributed by atoms with Gasteiger partial charge in [-0.3, -0.25) is 14.7 Å². The summed E-state index contributed by atoms with van der Waals surface area (Å²) in [7, 11) is 1.69. The van der Waals surface area contributed by atoms with Gasteiger partial charge in [0.15, 0.2) is 10.8 Å². The van der Waals surface area contributed by atoms with Gasteiger partial charge in [-0.05, 0) is 12.5 Å². The molecule has 2 amide bonds. The molecule has 3 aromatic rings. The number of aromatic nitrogens is 5. The molecule has 160 valence electrons. The van der Waals surface area contributed by atoms with Crippen LogP contribution in [-0.2, 0) is 18.3 Å². The smallest absolute Gasteiger partial charge is 0.268 e. The van der Waals surface area contributed by atoms with Crippen LogP contribution in [0.25, 0.3) is 10.8 Å². The summed E-state index contributed by atoms with van der Waals surface area (Å²) in [4.78, 5) is 35.4. The molecule has 0 radical (unpaired) electrons. The maximum Gasteiger partial charge on any atom is 0.268 e.